The first-order valence-corrected chi connectivity index (χ1v) is 12.8. The Morgan fingerprint density at radius 3 is 2.71 bits per heavy atom. The van der Waals surface area contributed by atoms with E-state index >= 15 is 0 Å². The lowest BCUT2D eigenvalue weighted by Crippen LogP contribution is -2.07. The molecule has 0 saturated heterocycles. The Morgan fingerprint density at radius 1 is 1.15 bits per heavy atom. The first-order chi connectivity index (χ1) is 16.3. The molecule has 0 spiro atoms. The molecule has 0 bridgehead atoms. The molecule has 0 saturated carbocycles. The number of benzene rings is 2. The van der Waals surface area contributed by atoms with Crippen molar-refractivity contribution in [2.24, 2.45) is 0 Å². The fourth-order valence-electron chi connectivity index (χ4n) is 3.30. The smallest absolute Gasteiger partial charge is 0.247 e. The van der Waals surface area contributed by atoms with E-state index in [4.69, 9.17) is 39.2 Å². The van der Waals surface area contributed by atoms with Gasteiger partial charge in [0.05, 0.1) is 35.3 Å². The lowest BCUT2D eigenvalue weighted by molar-refractivity contribution is 0.300. The second kappa shape index (κ2) is 9.89. The van der Waals surface area contributed by atoms with Gasteiger partial charge in [-0.05, 0) is 42.5 Å². The van der Waals surface area contributed by atoms with Gasteiger partial charge in [0.2, 0.25) is 20.7 Å². The van der Waals surface area contributed by atoms with Crippen LogP contribution in [0.3, 0.4) is 0 Å². The summed E-state index contributed by atoms with van der Waals surface area (Å²) >= 11 is 12.1. The number of hydrogen-bond donors (Lipinski definition) is 0. The molecular formula is C23H18Cl2N4O4S. The zero-order chi connectivity index (χ0) is 24.3. The Bertz CT molecular complexity index is 1510. The van der Waals surface area contributed by atoms with Crippen LogP contribution < -0.4 is 9.47 Å². The van der Waals surface area contributed by atoms with Crippen LogP contribution >= 0.6 is 23.2 Å². The fourth-order valence-corrected chi connectivity index (χ4v) is 4.17. The molecule has 0 radical (unpaired) electrons. The van der Waals surface area contributed by atoms with Crippen LogP contribution in [0.2, 0.25) is 5.02 Å². The minimum atomic E-state index is -3.50. The number of rotatable bonds is 8. The molecule has 0 fully saturated rings. The molecule has 0 unspecified atom stereocenters. The zero-order valence-corrected chi connectivity index (χ0v) is 20.2. The van der Waals surface area contributed by atoms with Gasteiger partial charge < -0.3 is 14.0 Å². The van der Waals surface area contributed by atoms with Crippen LogP contribution in [0.1, 0.15) is 5.69 Å². The highest BCUT2D eigenvalue weighted by molar-refractivity contribution is 7.90. The molecule has 0 aliphatic heterocycles. The normalized spacial score (nSPS) is 11.4. The Kier molecular flexibility index (Phi) is 6.93. The van der Waals surface area contributed by atoms with E-state index in [2.05, 4.69) is 14.8 Å². The highest BCUT2D eigenvalue weighted by atomic mass is 35.5. The number of nitrogens with zero attached hydrogens (tertiary/aromatic N) is 4. The summed E-state index contributed by atoms with van der Waals surface area (Å²) in [5.74, 6) is 1.20. The third-order valence-electron chi connectivity index (χ3n) is 4.80. The average molecular weight is 517 g/mol. The SMILES string of the molecule is [C-]#[N+]c1cc(-n2ccc3cc(OCc4ccnc(S(C)(=O)=O)n4)ccc32)cc(Cl)c1OCCCl. The van der Waals surface area contributed by atoms with Crippen LogP contribution in [0.4, 0.5) is 5.69 Å². The van der Waals surface area contributed by atoms with Crippen molar-refractivity contribution in [1.29, 1.82) is 0 Å². The van der Waals surface area contributed by atoms with Crippen molar-refractivity contribution < 1.29 is 17.9 Å². The predicted octanol–water partition coefficient (Wildman–Crippen LogP) is 5.22. The van der Waals surface area contributed by atoms with E-state index in [1.807, 2.05) is 29.0 Å². The molecule has 4 aromatic rings. The quantitative estimate of drug-likeness (QED) is 0.181. The molecule has 0 atom stereocenters. The maximum Gasteiger partial charge on any atom is 0.247 e. The molecule has 0 N–H and O–H groups in total. The number of hydrogen-bond acceptors (Lipinski definition) is 6. The van der Waals surface area contributed by atoms with Crippen LogP contribution in [0.5, 0.6) is 11.5 Å². The fraction of sp³-hybridized carbons (Fsp3) is 0.174. The molecule has 174 valence electrons. The molecule has 0 amide bonds. The van der Waals surface area contributed by atoms with Gasteiger partial charge >= 0.3 is 0 Å². The van der Waals surface area contributed by atoms with Gasteiger partial charge in [0.1, 0.15) is 18.1 Å². The summed E-state index contributed by atoms with van der Waals surface area (Å²) in [7, 11) is -3.50. The zero-order valence-electron chi connectivity index (χ0n) is 17.9. The highest BCUT2D eigenvalue weighted by Gasteiger charge is 2.14. The number of aromatic nitrogens is 3. The maximum absolute atomic E-state index is 11.6. The lowest BCUT2D eigenvalue weighted by atomic mass is 10.2. The highest BCUT2D eigenvalue weighted by Crippen LogP contribution is 2.39. The summed E-state index contributed by atoms with van der Waals surface area (Å²) in [6.07, 6.45) is 4.32. The van der Waals surface area contributed by atoms with E-state index < -0.39 is 9.84 Å². The topological polar surface area (TPSA) is 87.7 Å². The Balaban J connectivity index is 1.59. The van der Waals surface area contributed by atoms with Gasteiger partial charge in [0.25, 0.3) is 0 Å². The number of halogens is 2. The van der Waals surface area contributed by atoms with E-state index in [1.54, 1.807) is 24.3 Å². The number of ether oxygens (including phenoxy) is 2. The summed E-state index contributed by atoms with van der Waals surface area (Å²) in [6.45, 7) is 7.82. The van der Waals surface area contributed by atoms with Gasteiger partial charge in [-0.3, -0.25) is 0 Å². The summed E-state index contributed by atoms with van der Waals surface area (Å²) in [5.41, 5.74) is 2.35. The monoisotopic (exact) mass is 516 g/mol. The molecule has 2 aromatic heterocycles. The van der Waals surface area contributed by atoms with Crippen molar-refractivity contribution in [2.45, 2.75) is 11.8 Å². The van der Waals surface area contributed by atoms with E-state index in [0.29, 0.717) is 33.6 Å². The molecular weight excluding hydrogens is 499 g/mol. The van der Waals surface area contributed by atoms with Gasteiger partial charge in [-0.1, -0.05) is 11.6 Å². The van der Waals surface area contributed by atoms with Crippen molar-refractivity contribution in [3.63, 3.8) is 0 Å². The van der Waals surface area contributed by atoms with Crippen LogP contribution in [0.15, 0.2) is 60.0 Å². The van der Waals surface area contributed by atoms with Crippen LogP contribution in [-0.2, 0) is 16.4 Å². The maximum atomic E-state index is 11.6. The van der Waals surface area contributed by atoms with Crippen molar-refractivity contribution in [3.05, 3.63) is 77.0 Å². The summed E-state index contributed by atoms with van der Waals surface area (Å²) in [5, 5.41) is 0.992. The second-order valence-corrected chi connectivity index (χ2v) is 9.92. The Labute approximate surface area is 206 Å². The minimum absolute atomic E-state index is 0.0883. The van der Waals surface area contributed by atoms with Gasteiger partial charge in [-0.15, -0.1) is 11.6 Å². The van der Waals surface area contributed by atoms with Gasteiger partial charge in [-0.25, -0.2) is 23.2 Å². The predicted molar refractivity (Wildman–Crippen MR) is 130 cm³/mol. The van der Waals surface area contributed by atoms with E-state index in [1.165, 1.54) is 6.20 Å². The molecule has 2 heterocycles. The third-order valence-corrected chi connectivity index (χ3v) is 6.10. The van der Waals surface area contributed by atoms with Crippen molar-refractivity contribution in [1.82, 2.24) is 14.5 Å². The van der Waals surface area contributed by atoms with Gasteiger partial charge in [0.15, 0.2) is 0 Å². The van der Waals surface area contributed by atoms with Crippen molar-refractivity contribution >= 4 is 49.6 Å². The summed E-state index contributed by atoms with van der Waals surface area (Å²) < 4.78 is 36.5. The first-order valence-electron chi connectivity index (χ1n) is 9.96. The van der Waals surface area contributed by atoms with Crippen molar-refractivity contribution in [3.8, 4) is 17.2 Å². The summed E-state index contributed by atoms with van der Waals surface area (Å²) in [6, 6.07) is 12.5. The van der Waals surface area contributed by atoms with E-state index in [0.717, 1.165) is 17.2 Å². The van der Waals surface area contributed by atoms with Gasteiger partial charge in [-0.2, -0.15) is 0 Å². The Hall–Kier alpha value is -3.32. The van der Waals surface area contributed by atoms with E-state index in [-0.39, 0.29) is 24.3 Å². The molecule has 0 aliphatic carbocycles. The van der Waals surface area contributed by atoms with Crippen LogP contribution in [-0.4, -0.2) is 41.7 Å². The van der Waals surface area contributed by atoms with Crippen molar-refractivity contribution in [2.75, 3.05) is 18.7 Å². The molecule has 11 heteroatoms. The van der Waals surface area contributed by atoms with Gasteiger partial charge in [0, 0.05) is 29.7 Å². The third kappa shape index (κ3) is 5.09. The molecule has 2 aromatic carbocycles. The second-order valence-electron chi connectivity index (χ2n) is 7.22. The Morgan fingerprint density at radius 2 is 1.97 bits per heavy atom. The lowest BCUT2D eigenvalue weighted by Gasteiger charge is -2.13. The summed E-state index contributed by atoms with van der Waals surface area (Å²) in [4.78, 5) is 11.4. The molecule has 4 rings (SSSR count). The molecule has 34 heavy (non-hydrogen) atoms. The number of fused-ring (bicyclic) bond motifs is 1. The minimum Gasteiger partial charge on any atom is -0.502 e. The van der Waals surface area contributed by atoms with Crippen LogP contribution in [0.25, 0.3) is 21.4 Å². The molecule has 0 aliphatic rings. The first kappa shape index (κ1) is 23.8. The molecule has 8 nitrogen and oxygen atoms in total. The standard InChI is InChI=1S/C23H18Cl2N4O4S/c1-26-20-13-17(12-19(25)22(20)32-10-7-24)29-9-6-15-11-18(3-4-21(15)29)33-14-16-5-8-27-23(28-16)34(2,30)31/h3-6,8-9,11-13H,7,10,14H2,2H3. The van der Waals surface area contributed by atoms with Crippen LogP contribution in [0, 0.1) is 6.57 Å². The largest absolute Gasteiger partial charge is 0.502 e. The number of alkyl halides is 1. The number of sulfone groups is 1. The average Bonchev–Trinajstić information content (AvgIpc) is 3.24. The van der Waals surface area contributed by atoms with E-state index in [9.17, 15) is 8.42 Å².